The smallest absolute Gasteiger partial charge is 0.259 e. The molecule has 124 valence electrons. The number of nitriles is 1. The van der Waals surface area contributed by atoms with Gasteiger partial charge in [-0.1, -0.05) is 0 Å². The van der Waals surface area contributed by atoms with Crippen LogP contribution in [0, 0.1) is 11.3 Å². The molecule has 0 aliphatic heterocycles. The van der Waals surface area contributed by atoms with Gasteiger partial charge in [-0.3, -0.25) is 0 Å². The van der Waals surface area contributed by atoms with Crippen molar-refractivity contribution >= 4 is 31.5 Å². The van der Waals surface area contributed by atoms with E-state index < -0.39 is 8.53 Å². The first kappa shape index (κ1) is 21.4. The van der Waals surface area contributed by atoms with Crippen LogP contribution in [0.3, 0.4) is 0 Å². The Morgan fingerprint density at radius 1 is 1.14 bits per heavy atom. The number of hydrogen-bond acceptors (Lipinski definition) is 6. The third-order valence-corrected chi connectivity index (χ3v) is 5.08. The Morgan fingerprint density at radius 2 is 1.76 bits per heavy atom. The van der Waals surface area contributed by atoms with Crippen LogP contribution in [0.4, 0.5) is 0 Å². The largest absolute Gasteiger partial charge is 0.321 e. The lowest BCUT2D eigenvalue weighted by Crippen LogP contribution is -2.34. The molecule has 8 heteroatoms. The minimum absolute atomic E-state index is 0.00949. The predicted molar refractivity (Wildman–Crippen MR) is 91.4 cm³/mol. The molecule has 0 radical (unpaired) electrons. The molecule has 2 atom stereocenters. The molecule has 0 aliphatic carbocycles. The Morgan fingerprint density at radius 3 is 2.24 bits per heavy atom. The highest BCUT2D eigenvalue weighted by molar-refractivity contribution is 14.1. The van der Waals surface area contributed by atoms with Gasteiger partial charge >= 0.3 is 0 Å². The van der Waals surface area contributed by atoms with Gasteiger partial charge in [-0.25, -0.2) is 9.56 Å². The van der Waals surface area contributed by atoms with Crippen LogP contribution in [0.5, 0.6) is 0 Å². The highest BCUT2D eigenvalue weighted by Gasteiger charge is 2.28. The molecule has 0 fully saturated rings. The lowest BCUT2D eigenvalue weighted by atomic mass is 10.3. The first-order valence-electron chi connectivity index (χ1n) is 7.09. The van der Waals surface area contributed by atoms with E-state index in [1.807, 2.05) is 6.92 Å². The summed E-state index contributed by atoms with van der Waals surface area (Å²) in [5.41, 5.74) is 0. The maximum absolute atomic E-state index is 8.65. The quantitative estimate of drug-likeness (QED) is 0.150. The van der Waals surface area contributed by atoms with Gasteiger partial charge in [0.25, 0.3) is 8.53 Å². The number of hydrogen-bond donors (Lipinski definition) is 0. The second-order valence-electron chi connectivity index (χ2n) is 5.14. The minimum Gasteiger partial charge on any atom is -0.321 e. The van der Waals surface area contributed by atoms with Crippen LogP contribution < -0.4 is 0 Å². The zero-order valence-electron chi connectivity index (χ0n) is 13.4. The predicted octanol–water partition coefficient (Wildman–Crippen LogP) is 4.36. The Hall–Kier alpha value is 0.450. The first-order valence-corrected chi connectivity index (χ1v) is 9.10. The maximum Gasteiger partial charge on any atom is 0.259 e. The average molecular weight is 432 g/mol. The third kappa shape index (κ3) is 9.95. The molecule has 6 nitrogen and oxygen atoms in total. The van der Waals surface area contributed by atoms with Gasteiger partial charge in [0.1, 0.15) is 0 Å². The van der Waals surface area contributed by atoms with Crippen molar-refractivity contribution in [2.45, 2.75) is 65.6 Å². The Labute approximate surface area is 143 Å². The van der Waals surface area contributed by atoms with E-state index in [2.05, 4.69) is 41.7 Å². The Bertz CT molecular complexity index is 294. The van der Waals surface area contributed by atoms with Gasteiger partial charge in [0.2, 0.25) is 0 Å². The van der Waals surface area contributed by atoms with Gasteiger partial charge in [-0.05, 0) is 34.6 Å². The lowest BCUT2D eigenvalue weighted by molar-refractivity contribution is -0.170. The van der Waals surface area contributed by atoms with Gasteiger partial charge in [0.15, 0.2) is 23.0 Å². The number of rotatable bonds is 12. The summed E-state index contributed by atoms with van der Waals surface area (Å²) in [6, 6.07) is 2.70. The van der Waals surface area contributed by atoms with Crippen LogP contribution in [0.1, 0.15) is 47.5 Å². The molecule has 0 spiro atoms. The van der Waals surface area contributed by atoms with Crippen LogP contribution in [-0.2, 0) is 17.2 Å². The van der Waals surface area contributed by atoms with Crippen molar-refractivity contribution in [1.82, 2.24) is 4.67 Å². The second-order valence-corrected chi connectivity index (χ2v) is 6.90. The molecule has 0 N–H and O–H groups in total. The summed E-state index contributed by atoms with van der Waals surface area (Å²) in [5, 5.41) is 8.65. The highest BCUT2D eigenvalue weighted by atomic mass is 127. The number of halogens is 1. The topological polar surface area (TPSA) is 64.0 Å². The van der Waals surface area contributed by atoms with Crippen molar-refractivity contribution in [3.8, 4) is 6.07 Å². The molecule has 0 rings (SSSR count). The minimum atomic E-state index is -1.19. The molecule has 0 aromatic rings. The normalized spacial score (nSPS) is 14.7. The van der Waals surface area contributed by atoms with Crippen LogP contribution in [0.25, 0.3) is 0 Å². The molecule has 21 heavy (non-hydrogen) atoms. The fourth-order valence-corrected chi connectivity index (χ4v) is 3.64. The van der Waals surface area contributed by atoms with Crippen molar-refractivity contribution in [3.63, 3.8) is 0 Å². The van der Waals surface area contributed by atoms with Crippen LogP contribution in [0.15, 0.2) is 0 Å². The fourth-order valence-electron chi connectivity index (χ4n) is 1.75. The van der Waals surface area contributed by atoms with Crippen molar-refractivity contribution in [1.29, 1.82) is 5.26 Å². The highest BCUT2D eigenvalue weighted by Crippen LogP contribution is 2.47. The van der Waals surface area contributed by atoms with Gasteiger partial charge < -0.3 is 9.05 Å². The van der Waals surface area contributed by atoms with Crippen molar-refractivity contribution in [2.75, 3.05) is 13.2 Å². The summed E-state index contributed by atoms with van der Waals surface area (Å²) in [7, 11) is -1.19. The van der Waals surface area contributed by atoms with Gasteiger partial charge in [0, 0.05) is 18.5 Å². The van der Waals surface area contributed by atoms with E-state index in [9.17, 15) is 0 Å². The van der Waals surface area contributed by atoms with E-state index in [0.29, 0.717) is 38.1 Å². The number of nitrogens with zero attached hydrogens (tertiary/aromatic N) is 2. The van der Waals surface area contributed by atoms with E-state index in [0.717, 1.165) is 0 Å². The van der Waals surface area contributed by atoms with Crippen LogP contribution in [0.2, 0.25) is 0 Å². The summed E-state index contributed by atoms with van der Waals surface area (Å²) >= 11 is 1.69. The van der Waals surface area contributed by atoms with E-state index in [4.69, 9.17) is 19.2 Å². The average Bonchev–Trinajstić information content (AvgIpc) is 2.38. The molecule has 0 aromatic carbocycles. The summed E-state index contributed by atoms with van der Waals surface area (Å²) in [6.45, 7) is 11.3. The van der Waals surface area contributed by atoms with Gasteiger partial charge in [-0.2, -0.15) is 8.48 Å². The molecular formula is C13H26IN2O4P. The monoisotopic (exact) mass is 432 g/mol. The van der Waals surface area contributed by atoms with Gasteiger partial charge in [0.05, 0.1) is 31.8 Å². The molecule has 2 unspecified atom stereocenters. The molecule has 0 saturated carbocycles. The lowest BCUT2D eigenvalue weighted by Gasteiger charge is -2.36. The molecule has 0 amide bonds. The molecule has 0 heterocycles. The summed E-state index contributed by atoms with van der Waals surface area (Å²) in [4.78, 5) is 4.86. The first-order chi connectivity index (χ1) is 9.93. The maximum atomic E-state index is 8.65. The molecule has 0 bridgehead atoms. The molecule has 0 aliphatic rings. The van der Waals surface area contributed by atoms with Crippen molar-refractivity contribution in [3.05, 3.63) is 0 Å². The van der Waals surface area contributed by atoms with Crippen LogP contribution in [-0.4, -0.2) is 36.1 Å². The van der Waals surface area contributed by atoms with Crippen LogP contribution >= 0.6 is 31.5 Å². The SMILES string of the molecule is CC(CCOOI)OP(OCCC#N)N(C(C)C)C(C)C. The van der Waals surface area contributed by atoms with E-state index in [-0.39, 0.29) is 6.10 Å². The molecule has 0 saturated heterocycles. The summed E-state index contributed by atoms with van der Waals surface area (Å²) < 4.78 is 18.6. The van der Waals surface area contributed by atoms with E-state index in [1.165, 1.54) is 0 Å². The Balaban J connectivity index is 4.59. The molecule has 0 aromatic heterocycles. The zero-order valence-corrected chi connectivity index (χ0v) is 16.5. The second kappa shape index (κ2) is 12.9. The van der Waals surface area contributed by atoms with Crippen molar-refractivity contribution < 1.29 is 17.2 Å². The van der Waals surface area contributed by atoms with E-state index >= 15 is 0 Å². The standard InChI is InChI=1S/C13H26IN2O4P/c1-11(2)16(12(3)4)21(18-9-6-8-15)19-13(5)7-10-17-20-14/h11-13H,6-7,9-10H2,1-5H3. The summed E-state index contributed by atoms with van der Waals surface area (Å²) in [5.74, 6) is 0. The third-order valence-electron chi connectivity index (χ3n) is 2.58. The zero-order chi connectivity index (χ0) is 16.3. The fraction of sp³-hybridized carbons (Fsp3) is 0.923. The molecular weight excluding hydrogens is 406 g/mol. The van der Waals surface area contributed by atoms with Gasteiger partial charge in [-0.15, -0.1) is 0 Å². The Kier molecular flexibility index (Phi) is 13.2. The van der Waals surface area contributed by atoms with Crippen molar-refractivity contribution in [2.24, 2.45) is 0 Å². The van der Waals surface area contributed by atoms with E-state index in [1.54, 1.807) is 23.0 Å². The summed E-state index contributed by atoms with van der Waals surface area (Å²) in [6.07, 6.45) is 1.07.